The molecule has 0 aliphatic rings. The summed E-state index contributed by atoms with van der Waals surface area (Å²) in [7, 11) is -3.79. The first-order valence-corrected chi connectivity index (χ1v) is 11.1. The van der Waals surface area contributed by atoms with E-state index >= 15 is 0 Å². The molecule has 3 aromatic carbocycles. The van der Waals surface area contributed by atoms with Crippen molar-refractivity contribution in [1.82, 2.24) is 4.72 Å². The molecule has 0 fully saturated rings. The van der Waals surface area contributed by atoms with Gasteiger partial charge in [-0.2, -0.15) is 13.2 Å². The fraction of sp³-hybridized carbons (Fsp3) is 0.130. The summed E-state index contributed by atoms with van der Waals surface area (Å²) >= 11 is 6.29. The highest BCUT2D eigenvalue weighted by atomic mass is 35.5. The molecule has 0 bridgehead atoms. The number of hydrogen-bond acceptors (Lipinski definition) is 2. The van der Waals surface area contributed by atoms with Crippen molar-refractivity contribution in [2.75, 3.05) is 6.54 Å². The molecular weight excluding hydrogens is 447 g/mol. The Labute approximate surface area is 184 Å². The smallest absolute Gasteiger partial charge is 0.207 e. The van der Waals surface area contributed by atoms with Gasteiger partial charge in [-0.05, 0) is 60.0 Å². The molecular formula is C23H19ClF3NO2S. The minimum atomic E-state index is -4.43. The maximum atomic E-state index is 12.8. The molecule has 3 nitrogen and oxygen atoms in total. The van der Waals surface area contributed by atoms with E-state index in [0.717, 1.165) is 17.7 Å². The van der Waals surface area contributed by atoms with E-state index in [1.54, 1.807) is 42.5 Å². The van der Waals surface area contributed by atoms with Crippen molar-refractivity contribution in [1.29, 1.82) is 0 Å². The molecule has 0 unspecified atom stereocenters. The van der Waals surface area contributed by atoms with Gasteiger partial charge in [0.25, 0.3) is 0 Å². The standard InChI is InChI=1S/C23H19ClF3NO2S/c1-16-6-12-20(13-7-16)31(29,30)28-15-18(21-4-2-3-5-22(21)24)14-17-8-10-19(11-9-17)23(25,26)27/h2-14,28H,15H2,1H3/b18-14-. The molecule has 3 aromatic rings. The summed E-state index contributed by atoms with van der Waals surface area (Å²) in [5.41, 5.74) is 1.75. The third-order valence-corrected chi connectivity index (χ3v) is 6.33. The largest absolute Gasteiger partial charge is 0.416 e. The lowest BCUT2D eigenvalue weighted by Gasteiger charge is -2.13. The molecule has 31 heavy (non-hydrogen) atoms. The van der Waals surface area contributed by atoms with Gasteiger partial charge < -0.3 is 0 Å². The average molecular weight is 466 g/mol. The molecule has 162 valence electrons. The molecule has 0 aliphatic heterocycles. The molecule has 0 atom stereocenters. The highest BCUT2D eigenvalue weighted by molar-refractivity contribution is 7.89. The summed E-state index contributed by atoms with van der Waals surface area (Å²) in [4.78, 5) is 0.117. The van der Waals surface area contributed by atoms with Crippen molar-refractivity contribution in [3.63, 3.8) is 0 Å². The fourth-order valence-corrected chi connectivity index (χ4v) is 4.15. The molecule has 0 spiro atoms. The number of aryl methyl sites for hydroxylation is 1. The maximum absolute atomic E-state index is 12.8. The van der Waals surface area contributed by atoms with Crippen LogP contribution in [0.3, 0.4) is 0 Å². The van der Waals surface area contributed by atoms with Crippen LogP contribution in [0.5, 0.6) is 0 Å². The molecule has 0 aliphatic carbocycles. The van der Waals surface area contributed by atoms with Gasteiger partial charge in [0.05, 0.1) is 10.5 Å². The molecule has 0 amide bonds. The molecule has 0 saturated carbocycles. The van der Waals surface area contributed by atoms with Crippen LogP contribution in [0.4, 0.5) is 13.2 Å². The number of hydrogen-bond donors (Lipinski definition) is 1. The van der Waals surface area contributed by atoms with Gasteiger partial charge in [-0.1, -0.05) is 59.6 Å². The molecule has 0 heterocycles. The van der Waals surface area contributed by atoms with E-state index in [1.165, 1.54) is 24.3 Å². The second kappa shape index (κ2) is 9.26. The Hall–Kier alpha value is -2.61. The molecule has 3 rings (SSSR count). The van der Waals surface area contributed by atoms with Crippen LogP contribution in [0, 0.1) is 6.92 Å². The van der Waals surface area contributed by atoms with Gasteiger partial charge in [-0.3, -0.25) is 0 Å². The van der Waals surface area contributed by atoms with E-state index < -0.39 is 21.8 Å². The van der Waals surface area contributed by atoms with Gasteiger partial charge in [0.15, 0.2) is 0 Å². The maximum Gasteiger partial charge on any atom is 0.416 e. The summed E-state index contributed by atoms with van der Waals surface area (Å²) in [6, 6.07) is 17.9. The molecule has 8 heteroatoms. The van der Waals surface area contributed by atoms with Crippen LogP contribution >= 0.6 is 11.6 Å². The Balaban J connectivity index is 1.93. The third-order valence-electron chi connectivity index (χ3n) is 4.58. The lowest BCUT2D eigenvalue weighted by atomic mass is 10.0. The number of sulfonamides is 1. The van der Waals surface area contributed by atoms with E-state index in [9.17, 15) is 21.6 Å². The average Bonchev–Trinajstić information content (AvgIpc) is 2.72. The molecule has 0 radical (unpaired) electrons. The Bertz CT molecular complexity index is 1190. The monoisotopic (exact) mass is 465 g/mol. The Morgan fingerprint density at radius 3 is 2.16 bits per heavy atom. The van der Waals surface area contributed by atoms with Gasteiger partial charge in [-0.15, -0.1) is 0 Å². The predicted molar refractivity (Wildman–Crippen MR) is 117 cm³/mol. The van der Waals surface area contributed by atoms with Gasteiger partial charge >= 0.3 is 6.18 Å². The van der Waals surface area contributed by atoms with Gasteiger partial charge in [-0.25, -0.2) is 13.1 Å². The van der Waals surface area contributed by atoms with Crippen molar-refractivity contribution in [2.45, 2.75) is 18.0 Å². The summed E-state index contributed by atoms with van der Waals surface area (Å²) in [6.45, 7) is 1.76. The zero-order valence-corrected chi connectivity index (χ0v) is 18.0. The summed E-state index contributed by atoms with van der Waals surface area (Å²) in [5, 5.41) is 0.398. The number of alkyl halides is 3. The first-order chi connectivity index (χ1) is 14.6. The highest BCUT2D eigenvalue weighted by Crippen LogP contribution is 2.30. The van der Waals surface area contributed by atoms with Gasteiger partial charge in [0, 0.05) is 11.6 Å². The van der Waals surface area contributed by atoms with Crippen molar-refractivity contribution in [3.05, 3.63) is 100 Å². The van der Waals surface area contributed by atoms with E-state index in [0.29, 0.717) is 21.7 Å². The number of halogens is 4. The second-order valence-corrected chi connectivity index (χ2v) is 9.08. The van der Waals surface area contributed by atoms with Gasteiger partial charge in [0.1, 0.15) is 0 Å². The van der Waals surface area contributed by atoms with E-state index in [1.807, 2.05) is 6.92 Å². The summed E-state index contributed by atoms with van der Waals surface area (Å²) in [6.07, 6.45) is -2.82. The van der Waals surface area contributed by atoms with Crippen LogP contribution in [0.15, 0.2) is 77.7 Å². The SMILES string of the molecule is Cc1ccc(S(=O)(=O)NC/C(=C/c2ccc(C(F)(F)F)cc2)c2ccccc2Cl)cc1. The van der Waals surface area contributed by atoms with E-state index in [2.05, 4.69) is 4.72 Å². The second-order valence-electron chi connectivity index (χ2n) is 6.91. The topological polar surface area (TPSA) is 46.2 Å². The Kier molecular flexibility index (Phi) is 6.89. The van der Waals surface area contributed by atoms with Crippen LogP contribution in [0.2, 0.25) is 5.02 Å². The number of nitrogens with one attached hydrogen (secondary N) is 1. The first-order valence-electron chi connectivity index (χ1n) is 9.25. The fourth-order valence-electron chi connectivity index (χ4n) is 2.89. The Morgan fingerprint density at radius 2 is 1.58 bits per heavy atom. The molecule has 1 N–H and O–H groups in total. The molecule has 0 aromatic heterocycles. The third kappa shape index (κ3) is 5.97. The van der Waals surface area contributed by atoms with Crippen molar-refractivity contribution >= 4 is 33.3 Å². The highest BCUT2D eigenvalue weighted by Gasteiger charge is 2.29. The lowest BCUT2D eigenvalue weighted by molar-refractivity contribution is -0.137. The number of benzene rings is 3. The van der Waals surface area contributed by atoms with Crippen molar-refractivity contribution in [3.8, 4) is 0 Å². The van der Waals surface area contributed by atoms with Crippen LogP contribution in [-0.2, 0) is 16.2 Å². The quantitative estimate of drug-likeness (QED) is 0.441. The summed E-state index contributed by atoms with van der Waals surface area (Å²) < 4.78 is 66.4. The lowest BCUT2D eigenvalue weighted by Crippen LogP contribution is -2.25. The van der Waals surface area contributed by atoms with E-state index in [4.69, 9.17) is 11.6 Å². The van der Waals surface area contributed by atoms with Crippen LogP contribution < -0.4 is 4.72 Å². The molecule has 0 saturated heterocycles. The summed E-state index contributed by atoms with van der Waals surface area (Å²) in [5.74, 6) is 0. The predicted octanol–water partition coefficient (Wildman–Crippen LogP) is 6.19. The van der Waals surface area contributed by atoms with Gasteiger partial charge in [0.2, 0.25) is 10.0 Å². The zero-order chi connectivity index (χ0) is 22.6. The Morgan fingerprint density at radius 1 is 0.968 bits per heavy atom. The minimum Gasteiger partial charge on any atom is -0.207 e. The zero-order valence-electron chi connectivity index (χ0n) is 16.4. The minimum absolute atomic E-state index is 0.0963. The van der Waals surface area contributed by atoms with Crippen LogP contribution in [0.1, 0.15) is 22.3 Å². The first kappa shape index (κ1) is 23.1. The normalized spacial score (nSPS) is 12.7. The van der Waals surface area contributed by atoms with Crippen molar-refractivity contribution < 1.29 is 21.6 Å². The van der Waals surface area contributed by atoms with Crippen molar-refractivity contribution in [2.24, 2.45) is 0 Å². The number of rotatable bonds is 6. The van der Waals surface area contributed by atoms with Crippen LogP contribution in [0.25, 0.3) is 11.6 Å². The van der Waals surface area contributed by atoms with E-state index in [-0.39, 0.29) is 11.4 Å². The van der Waals surface area contributed by atoms with Crippen LogP contribution in [-0.4, -0.2) is 15.0 Å².